The molecule has 0 saturated carbocycles. The van der Waals surface area contributed by atoms with Gasteiger partial charge in [0.2, 0.25) is 5.91 Å². The average Bonchev–Trinajstić information content (AvgIpc) is 3.21. The first-order valence-corrected chi connectivity index (χ1v) is 9.76. The van der Waals surface area contributed by atoms with Gasteiger partial charge >= 0.3 is 0 Å². The summed E-state index contributed by atoms with van der Waals surface area (Å²) in [7, 11) is 0. The van der Waals surface area contributed by atoms with Crippen LogP contribution in [0.5, 0.6) is 0 Å². The first-order valence-electron chi connectivity index (χ1n) is 9.38. The van der Waals surface area contributed by atoms with Gasteiger partial charge in [-0.05, 0) is 64.6 Å². The molecule has 28 heavy (non-hydrogen) atoms. The molecule has 6 nitrogen and oxygen atoms in total. The molecule has 1 N–H and O–H groups in total. The minimum Gasteiger partial charge on any atom is -0.349 e. The number of nitrogens with one attached hydrogen (secondary N) is 1. The van der Waals surface area contributed by atoms with E-state index >= 15 is 0 Å². The van der Waals surface area contributed by atoms with Crippen molar-refractivity contribution in [1.82, 2.24) is 25.5 Å². The Bertz CT molecular complexity index is 876. The summed E-state index contributed by atoms with van der Waals surface area (Å²) in [5.41, 5.74) is 2.87. The molecule has 1 heterocycles. The Labute approximate surface area is 169 Å². The molecule has 0 fully saturated rings. The monoisotopic (exact) mass is 397 g/mol. The molecular formula is C21H24ClN5O. The van der Waals surface area contributed by atoms with Crippen molar-refractivity contribution in [2.24, 2.45) is 5.92 Å². The van der Waals surface area contributed by atoms with Crippen molar-refractivity contribution >= 4 is 17.5 Å². The molecule has 0 aliphatic heterocycles. The lowest BCUT2D eigenvalue weighted by Gasteiger charge is -2.20. The first kappa shape index (κ1) is 20.0. The molecule has 1 aromatic heterocycles. The van der Waals surface area contributed by atoms with Gasteiger partial charge in [0.25, 0.3) is 0 Å². The molecule has 3 rings (SSSR count). The maximum absolute atomic E-state index is 12.6. The van der Waals surface area contributed by atoms with E-state index in [-0.39, 0.29) is 11.9 Å². The highest BCUT2D eigenvalue weighted by atomic mass is 35.5. The number of amides is 1. The van der Waals surface area contributed by atoms with Crippen molar-refractivity contribution in [3.8, 4) is 5.69 Å². The predicted octanol–water partition coefficient (Wildman–Crippen LogP) is 4.15. The molecule has 0 radical (unpaired) electrons. The Morgan fingerprint density at radius 1 is 1.07 bits per heavy atom. The van der Waals surface area contributed by atoms with Crippen molar-refractivity contribution in [3.05, 3.63) is 71.0 Å². The van der Waals surface area contributed by atoms with Crippen LogP contribution in [-0.2, 0) is 11.2 Å². The second kappa shape index (κ2) is 9.46. The molecule has 1 atom stereocenters. The summed E-state index contributed by atoms with van der Waals surface area (Å²) in [5.74, 6) is 0.574. The molecule has 0 spiro atoms. The Kier molecular flexibility index (Phi) is 6.76. The third-order valence-electron chi connectivity index (χ3n) is 4.55. The molecule has 7 heteroatoms. The maximum Gasteiger partial charge on any atom is 0.224 e. The van der Waals surface area contributed by atoms with Gasteiger partial charge in [0.1, 0.15) is 6.33 Å². The Morgan fingerprint density at radius 3 is 2.39 bits per heavy atom. The second-order valence-corrected chi connectivity index (χ2v) is 7.68. The van der Waals surface area contributed by atoms with Crippen LogP contribution in [0.4, 0.5) is 0 Å². The first-order chi connectivity index (χ1) is 13.5. The average molecular weight is 398 g/mol. The van der Waals surface area contributed by atoms with Crippen LogP contribution in [0, 0.1) is 5.92 Å². The molecular weight excluding hydrogens is 374 g/mol. The van der Waals surface area contributed by atoms with Gasteiger partial charge in [-0.25, -0.2) is 4.68 Å². The molecule has 1 amide bonds. The van der Waals surface area contributed by atoms with Crippen molar-refractivity contribution in [3.63, 3.8) is 0 Å². The third-order valence-corrected chi connectivity index (χ3v) is 4.81. The van der Waals surface area contributed by atoms with Crippen LogP contribution in [0.15, 0.2) is 54.9 Å². The number of tetrazole rings is 1. The molecule has 0 saturated heterocycles. The van der Waals surface area contributed by atoms with Crippen LogP contribution in [0.25, 0.3) is 5.69 Å². The quantitative estimate of drug-likeness (QED) is 0.619. The zero-order chi connectivity index (χ0) is 19.9. The highest BCUT2D eigenvalue weighted by Gasteiger charge is 2.16. The molecule has 0 aliphatic carbocycles. The number of benzene rings is 2. The molecule has 0 bridgehead atoms. The lowest BCUT2D eigenvalue weighted by molar-refractivity contribution is -0.121. The lowest BCUT2D eigenvalue weighted by atomic mass is 9.97. The minimum atomic E-state index is -0.0207. The lowest BCUT2D eigenvalue weighted by Crippen LogP contribution is -2.30. The van der Waals surface area contributed by atoms with Crippen molar-refractivity contribution in [2.75, 3.05) is 0 Å². The van der Waals surface area contributed by atoms with Gasteiger partial charge in [0.15, 0.2) is 0 Å². The van der Waals surface area contributed by atoms with Gasteiger partial charge in [0.05, 0.1) is 18.2 Å². The highest BCUT2D eigenvalue weighted by molar-refractivity contribution is 6.30. The molecule has 146 valence electrons. The van der Waals surface area contributed by atoms with Crippen molar-refractivity contribution in [2.45, 2.75) is 39.2 Å². The Morgan fingerprint density at radius 2 is 1.79 bits per heavy atom. The van der Waals surface area contributed by atoms with E-state index in [2.05, 4.69) is 34.7 Å². The minimum absolute atomic E-state index is 0.00104. The van der Waals surface area contributed by atoms with Gasteiger partial charge in [-0.3, -0.25) is 4.79 Å². The molecule has 2 aromatic carbocycles. The summed E-state index contributed by atoms with van der Waals surface area (Å²) in [6.07, 6.45) is 3.78. The standard InChI is InChI=1S/C21H24ClN5O/c1-15(2)3-12-20(17-6-8-18(22)9-7-17)24-21(28)13-16-4-10-19(11-5-16)27-14-23-25-26-27/h4-11,14-15,20H,3,12-13H2,1-2H3,(H,24,28). The number of aromatic nitrogens is 4. The highest BCUT2D eigenvalue weighted by Crippen LogP contribution is 2.23. The smallest absolute Gasteiger partial charge is 0.224 e. The fourth-order valence-electron chi connectivity index (χ4n) is 2.99. The van der Waals surface area contributed by atoms with E-state index in [4.69, 9.17) is 11.6 Å². The molecule has 3 aromatic rings. The van der Waals surface area contributed by atoms with Crippen LogP contribution < -0.4 is 5.32 Å². The summed E-state index contributed by atoms with van der Waals surface area (Å²) in [4.78, 5) is 12.6. The van der Waals surface area contributed by atoms with Crippen molar-refractivity contribution < 1.29 is 4.79 Å². The number of carbonyl (C=O) groups is 1. The van der Waals surface area contributed by atoms with Crippen molar-refractivity contribution in [1.29, 1.82) is 0 Å². The van der Waals surface area contributed by atoms with Gasteiger partial charge in [-0.2, -0.15) is 0 Å². The zero-order valence-electron chi connectivity index (χ0n) is 16.0. The van der Waals surface area contributed by atoms with Gasteiger partial charge < -0.3 is 5.32 Å². The van der Waals surface area contributed by atoms with E-state index in [1.165, 1.54) is 6.33 Å². The van der Waals surface area contributed by atoms with E-state index in [0.29, 0.717) is 17.4 Å². The normalized spacial score (nSPS) is 12.1. The van der Waals surface area contributed by atoms with Gasteiger partial charge in [0, 0.05) is 5.02 Å². The Balaban J connectivity index is 1.64. The number of halogens is 1. The number of carbonyl (C=O) groups excluding carboxylic acids is 1. The van der Waals surface area contributed by atoms with Crippen LogP contribution in [0.2, 0.25) is 5.02 Å². The summed E-state index contributed by atoms with van der Waals surface area (Å²) in [6, 6.07) is 15.3. The van der Waals surface area contributed by atoms with E-state index in [0.717, 1.165) is 29.7 Å². The second-order valence-electron chi connectivity index (χ2n) is 7.24. The SMILES string of the molecule is CC(C)CCC(NC(=O)Cc1ccc(-n2cnnn2)cc1)c1ccc(Cl)cc1. The van der Waals surface area contributed by atoms with Crippen LogP contribution >= 0.6 is 11.6 Å². The summed E-state index contributed by atoms with van der Waals surface area (Å²) >= 11 is 6.01. The van der Waals surface area contributed by atoms with Crippen LogP contribution in [-0.4, -0.2) is 26.1 Å². The van der Waals surface area contributed by atoms with E-state index in [9.17, 15) is 4.79 Å². The Hall–Kier alpha value is -2.73. The number of hydrogen-bond acceptors (Lipinski definition) is 4. The maximum atomic E-state index is 12.6. The molecule has 1 unspecified atom stereocenters. The number of rotatable bonds is 8. The van der Waals surface area contributed by atoms with E-state index in [1.807, 2.05) is 48.5 Å². The summed E-state index contributed by atoms with van der Waals surface area (Å²) in [6.45, 7) is 4.37. The number of hydrogen-bond donors (Lipinski definition) is 1. The largest absolute Gasteiger partial charge is 0.349 e. The summed E-state index contributed by atoms with van der Waals surface area (Å²) < 4.78 is 1.58. The number of nitrogens with zero attached hydrogens (tertiary/aromatic N) is 4. The third kappa shape index (κ3) is 5.63. The van der Waals surface area contributed by atoms with E-state index in [1.54, 1.807) is 4.68 Å². The summed E-state index contributed by atoms with van der Waals surface area (Å²) in [5, 5.41) is 15.0. The van der Waals surface area contributed by atoms with Crippen LogP contribution in [0.3, 0.4) is 0 Å². The fraction of sp³-hybridized carbons (Fsp3) is 0.333. The van der Waals surface area contributed by atoms with Gasteiger partial charge in [-0.15, -0.1) is 5.10 Å². The van der Waals surface area contributed by atoms with E-state index < -0.39 is 0 Å². The van der Waals surface area contributed by atoms with Gasteiger partial charge in [-0.1, -0.05) is 49.7 Å². The van der Waals surface area contributed by atoms with Crippen LogP contribution in [0.1, 0.15) is 43.9 Å². The molecule has 0 aliphatic rings. The predicted molar refractivity (Wildman–Crippen MR) is 109 cm³/mol. The zero-order valence-corrected chi connectivity index (χ0v) is 16.8. The topological polar surface area (TPSA) is 72.7 Å². The fourth-order valence-corrected chi connectivity index (χ4v) is 3.12.